The summed E-state index contributed by atoms with van der Waals surface area (Å²) >= 11 is 0. The molecule has 1 aromatic rings. The van der Waals surface area contributed by atoms with E-state index in [4.69, 9.17) is 5.73 Å². The Labute approximate surface area is 97.4 Å². The molecular weight excluding hydrogens is 264 g/mol. The van der Waals surface area contributed by atoms with Gasteiger partial charge in [-0.25, -0.2) is 0 Å². The molecule has 2 nitrogen and oxygen atoms in total. The minimum Gasteiger partial charge on any atom is -0.324 e. The molecule has 0 saturated carbocycles. The fourth-order valence-electron chi connectivity index (χ4n) is 1.23. The Morgan fingerprint density at radius 2 is 1.33 bits per heavy atom. The predicted octanol–water partition coefficient (Wildman–Crippen LogP) is 2.87. The zero-order chi connectivity index (χ0) is 14.1. The Morgan fingerprint density at radius 3 is 1.61 bits per heavy atom. The average Bonchev–Trinajstić information content (AvgIpc) is 2.25. The minimum absolute atomic E-state index is 0.0483. The highest BCUT2D eigenvalue weighted by Gasteiger charge is 2.37. The lowest BCUT2D eigenvalue weighted by atomic mass is 10.0. The first kappa shape index (κ1) is 14.5. The molecule has 2 N–H and O–H groups in total. The summed E-state index contributed by atoms with van der Waals surface area (Å²) in [4.78, 5) is 11.1. The van der Waals surface area contributed by atoms with Crippen molar-refractivity contribution in [3.8, 4) is 0 Å². The number of alkyl halides is 6. The molecule has 0 bridgehead atoms. The van der Waals surface area contributed by atoms with E-state index in [9.17, 15) is 31.1 Å². The molecule has 0 unspecified atom stereocenters. The van der Waals surface area contributed by atoms with Gasteiger partial charge in [-0.3, -0.25) is 4.79 Å². The van der Waals surface area contributed by atoms with Crippen molar-refractivity contribution in [1.82, 2.24) is 0 Å². The van der Waals surface area contributed by atoms with Crippen molar-refractivity contribution in [3.63, 3.8) is 0 Å². The number of hydrogen-bond donors (Lipinski definition) is 1. The molecule has 100 valence electrons. The molecule has 0 amide bonds. The molecule has 18 heavy (non-hydrogen) atoms. The normalized spacial score (nSPS) is 12.6. The highest BCUT2D eigenvalue weighted by Crippen LogP contribution is 2.36. The van der Waals surface area contributed by atoms with Gasteiger partial charge in [0.25, 0.3) is 0 Å². The van der Waals surface area contributed by atoms with Crippen molar-refractivity contribution >= 4 is 5.78 Å². The van der Waals surface area contributed by atoms with E-state index >= 15 is 0 Å². The molecule has 0 radical (unpaired) electrons. The van der Waals surface area contributed by atoms with E-state index in [2.05, 4.69) is 0 Å². The van der Waals surface area contributed by atoms with E-state index in [0.29, 0.717) is 12.1 Å². The number of rotatable bonds is 2. The first-order chi connectivity index (χ1) is 8.05. The third-order valence-corrected chi connectivity index (χ3v) is 2.10. The van der Waals surface area contributed by atoms with E-state index in [0.717, 1.165) is 0 Å². The van der Waals surface area contributed by atoms with Gasteiger partial charge < -0.3 is 5.73 Å². The molecule has 0 aromatic heterocycles. The highest BCUT2D eigenvalue weighted by atomic mass is 19.4. The van der Waals surface area contributed by atoms with Crippen LogP contribution < -0.4 is 5.73 Å². The second kappa shape index (κ2) is 4.60. The Bertz CT molecular complexity index is 430. The standard InChI is InChI=1S/C10H7F6NO/c11-9(12,13)6-1-5(8(18)4-17)2-7(3-6)10(14,15)16/h1-3H,4,17H2. The second-order valence-corrected chi connectivity index (χ2v) is 3.42. The number of Topliss-reactive ketones (excluding diaryl/α,β-unsaturated/α-hetero) is 1. The molecular formula is C10H7F6NO. The fourth-order valence-corrected chi connectivity index (χ4v) is 1.23. The number of nitrogens with two attached hydrogens (primary N) is 1. The van der Waals surface area contributed by atoms with Gasteiger partial charge in [0.15, 0.2) is 5.78 Å². The summed E-state index contributed by atoms with van der Waals surface area (Å²) in [5.41, 5.74) is 1.14. The number of halogens is 6. The van der Waals surface area contributed by atoms with Gasteiger partial charge in [-0.1, -0.05) is 0 Å². The van der Waals surface area contributed by atoms with Gasteiger partial charge in [0.1, 0.15) is 0 Å². The fraction of sp³-hybridized carbons (Fsp3) is 0.300. The Balaban J connectivity index is 3.44. The Morgan fingerprint density at radius 1 is 0.944 bits per heavy atom. The van der Waals surface area contributed by atoms with Crippen molar-refractivity contribution in [3.05, 3.63) is 34.9 Å². The second-order valence-electron chi connectivity index (χ2n) is 3.42. The quantitative estimate of drug-likeness (QED) is 0.664. The summed E-state index contributed by atoms with van der Waals surface area (Å²) in [6, 6.07) is 0.655. The summed E-state index contributed by atoms with van der Waals surface area (Å²) in [6.45, 7) is -0.668. The zero-order valence-electron chi connectivity index (χ0n) is 8.69. The van der Waals surface area contributed by atoms with Gasteiger partial charge in [0.05, 0.1) is 17.7 Å². The van der Waals surface area contributed by atoms with Gasteiger partial charge in [-0.05, 0) is 18.2 Å². The van der Waals surface area contributed by atoms with Crippen molar-refractivity contribution in [2.24, 2.45) is 5.73 Å². The summed E-state index contributed by atoms with van der Waals surface area (Å²) in [5, 5.41) is 0. The van der Waals surface area contributed by atoms with Crippen LogP contribution in [0.25, 0.3) is 0 Å². The smallest absolute Gasteiger partial charge is 0.324 e. The van der Waals surface area contributed by atoms with Gasteiger partial charge in [-0.15, -0.1) is 0 Å². The van der Waals surface area contributed by atoms with Gasteiger partial charge >= 0.3 is 12.4 Å². The van der Waals surface area contributed by atoms with E-state index < -0.39 is 41.4 Å². The molecule has 8 heteroatoms. The van der Waals surface area contributed by atoms with Crippen LogP contribution in [0.3, 0.4) is 0 Å². The minimum atomic E-state index is -4.97. The van der Waals surface area contributed by atoms with Crippen molar-refractivity contribution in [2.45, 2.75) is 12.4 Å². The highest BCUT2D eigenvalue weighted by molar-refractivity contribution is 5.97. The lowest BCUT2D eigenvalue weighted by molar-refractivity contribution is -0.143. The molecule has 0 saturated heterocycles. The lowest BCUT2D eigenvalue weighted by Crippen LogP contribution is -2.17. The first-order valence-electron chi connectivity index (χ1n) is 4.58. The van der Waals surface area contributed by atoms with Crippen molar-refractivity contribution in [2.75, 3.05) is 6.54 Å². The summed E-state index contributed by atoms with van der Waals surface area (Å²) < 4.78 is 74.4. The Hall–Kier alpha value is -1.57. The molecule has 0 atom stereocenters. The number of carbonyl (C=O) groups excluding carboxylic acids is 1. The lowest BCUT2D eigenvalue weighted by Gasteiger charge is -2.13. The average molecular weight is 271 g/mol. The third kappa shape index (κ3) is 3.22. The molecule has 0 spiro atoms. The topological polar surface area (TPSA) is 43.1 Å². The maximum Gasteiger partial charge on any atom is 0.416 e. The molecule has 0 aliphatic heterocycles. The van der Waals surface area contributed by atoms with E-state index in [1.165, 1.54) is 0 Å². The van der Waals surface area contributed by atoms with Crippen LogP contribution in [0.4, 0.5) is 26.3 Å². The first-order valence-corrected chi connectivity index (χ1v) is 4.58. The summed E-state index contributed by atoms with van der Waals surface area (Å²) in [5.74, 6) is -0.994. The maximum atomic E-state index is 12.4. The van der Waals surface area contributed by atoms with E-state index in [1.807, 2.05) is 0 Å². The zero-order valence-corrected chi connectivity index (χ0v) is 8.69. The molecule has 1 aromatic carbocycles. The molecule has 0 fully saturated rings. The number of carbonyl (C=O) groups is 1. The van der Waals surface area contributed by atoms with Crippen LogP contribution in [0.2, 0.25) is 0 Å². The number of hydrogen-bond acceptors (Lipinski definition) is 2. The van der Waals surface area contributed by atoms with Crippen LogP contribution in [0.15, 0.2) is 18.2 Å². The van der Waals surface area contributed by atoms with Gasteiger partial charge in [0, 0.05) is 5.56 Å². The molecule has 0 aliphatic rings. The molecule has 0 aliphatic carbocycles. The maximum absolute atomic E-state index is 12.4. The van der Waals surface area contributed by atoms with Gasteiger partial charge in [-0.2, -0.15) is 26.3 Å². The predicted molar refractivity (Wildman–Crippen MR) is 49.8 cm³/mol. The molecule has 1 rings (SSSR count). The van der Waals surface area contributed by atoms with Crippen LogP contribution in [0, 0.1) is 0 Å². The van der Waals surface area contributed by atoms with Crippen LogP contribution in [-0.4, -0.2) is 12.3 Å². The summed E-state index contributed by atoms with van der Waals surface area (Å²) in [6.07, 6.45) is -9.93. The van der Waals surface area contributed by atoms with Crippen LogP contribution in [-0.2, 0) is 12.4 Å². The van der Waals surface area contributed by atoms with E-state index in [-0.39, 0.29) is 6.07 Å². The van der Waals surface area contributed by atoms with Crippen molar-refractivity contribution in [1.29, 1.82) is 0 Å². The largest absolute Gasteiger partial charge is 0.416 e. The Kier molecular flexibility index (Phi) is 3.70. The van der Waals surface area contributed by atoms with E-state index in [1.54, 1.807) is 0 Å². The number of ketones is 1. The monoisotopic (exact) mass is 271 g/mol. The van der Waals surface area contributed by atoms with Crippen LogP contribution in [0.5, 0.6) is 0 Å². The van der Waals surface area contributed by atoms with Crippen LogP contribution >= 0.6 is 0 Å². The SMILES string of the molecule is NCC(=O)c1cc(C(F)(F)F)cc(C(F)(F)F)c1. The van der Waals surface area contributed by atoms with Gasteiger partial charge in [0.2, 0.25) is 0 Å². The van der Waals surface area contributed by atoms with Crippen LogP contribution in [0.1, 0.15) is 21.5 Å². The molecule has 0 heterocycles. The summed E-state index contributed by atoms with van der Waals surface area (Å²) in [7, 11) is 0. The third-order valence-electron chi connectivity index (χ3n) is 2.10. The van der Waals surface area contributed by atoms with Crippen molar-refractivity contribution < 1.29 is 31.1 Å². The number of benzene rings is 1.